The Morgan fingerprint density at radius 3 is 2.38 bits per heavy atom. The molecule has 0 unspecified atom stereocenters. The van der Waals surface area contributed by atoms with E-state index < -0.39 is 0 Å². The highest BCUT2D eigenvalue weighted by molar-refractivity contribution is 6.23. The smallest absolute Gasteiger partial charge is 0.198 e. The molecule has 0 saturated heterocycles. The Morgan fingerprint density at radius 2 is 1.62 bits per heavy atom. The molecule has 0 aliphatic heterocycles. The Bertz CT molecular complexity index is 897. The van der Waals surface area contributed by atoms with Crippen LogP contribution in [0.5, 0.6) is 0 Å². The van der Waals surface area contributed by atoms with Crippen molar-refractivity contribution in [3.8, 4) is 22.5 Å². The van der Waals surface area contributed by atoms with Crippen LogP contribution in [0.2, 0.25) is 0 Å². The number of hydrogen-bond donors (Lipinski definition) is 1. The summed E-state index contributed by atoms with van der Waals surface area (Å²) in [5.41, 5.74) is 10.8. The largest absolute Gasteiger partial charge is 0.330 e. The third kappa shape index (κ3) is 2.27. The highest BCUT2D eigenvalue weighted by atomic mass is 16.1. The van der Waals surface area contributed by atoms with Crippen LogP contribution in [0.3, 0.4) is 0 Å². The highest BCUT2D eigenvalue weighted by Crippen LogP contribution is 2.41. The van der Waals surface area contributed by atoms with E-state index in [1.165, 1.54) is 0 Å². The molecule has 4 rings (SSSR count). The first-order chi connectivity index (χ1) is 11.8. The number of hydrogen-bond acceptors (Lipinski definition) is 3. The Hall–Kier alpha value is -2.72. The average Bonchev–Trinajstić information content (AvgIpc) is 3.14. The number of aromatic nitrogens is 2. The van der Waals surface area contributed by atoms with Gasteiger partial charge < -0.3 is 5.73 Å². The predicted octanol–water partition coefficient (Wildman–Crippen LogP) is 3.50. The van der Waals surface area contributed by atoms with E-state index in [-0.39, 0.29) is 5.78 Å². The normalized spacial score (nSPS) is 12.3. The van der Waals surface area contributed by atoms with Crippen molar-refractivity contribution >= 4 is 5.78 Å². The minimum Gasteiger partial charge on any atom is -0.330 e. The van der Waals surface area contributed by atoms with Gasteiger partial charge in [0.25, 0.3) is 0 Å². The summed E-state index contributed by atoms with van der Waals surface area (Å²) in [7, 11) is 0. The predicted molar refractivity (Wildman–Crippen MR) is 94.8 cm³/mol. The first-order valence-corrected chi connectivity index (χ1v) is 8.31. The molecule has 0 radical (unpaired) electrons. The maximum atomic E-state index is 13.0. The van der Waals surface area contributed by atoms with Gasteiger partial charge in [-0.15, -0.1) is 0 Å². The highest BCUT2D eigenvalue weighted by Gasteiger charge is 2.34. The lowest BCUT2D eigenvalue weighted by Crippen LogP contribution is -2.06. The molecule has 1 aromatic heterocycles. The Kier molecular flexibility index (Phi) is 3.75. The van der Waals surface area contributed by atoms with Gasteiger partial charge in [-0.2, -0.15) is 5.10 Å². The molecule has 24 heavy (non-hydrogen) atoms. The molecule has 0 amide bonds. The zero-order valence-corrected chi connectivity index (χ0v) is 13.4. The van der Waals surface area contributed by atoms with E-state index in [4.69, 9.17) is 10.8 Å². The van der Waals surface area contributed by atoms with Crippen LogP contribution in [0.4, 0.5) is 0 Å². The SMILES string of the molecule is NCCCCn1nc(-c2ccccc2)c2c1-c1ccccc1C2=O. The number of ketones is 1. The van der Waals surface area contributed by atoms with Crippen LogP contribution in [0.25, 0.3) is 22.5 Å². The minimum atomic E-state index is 0.0736. The van der Waals surface area contributed by atoms with Crippen molar-refractivity contribution in [1.29, 1.82) is 0 Å². The molecule has 4 heteroatoms. The fourth-order valence-corrected chi connectivity index (χ4v) is 3.34. The molecule has 0 atom stereocenters. The van der Waals surface area contributed by atoms with Crippen molar-refractivity contribution in [3.63, 3.8) is 0 Å². The topological polar surface area (TPSA) is 60.9 Å². The van der Waals surface area contributed by atoms with Crippen molar-refractivity contribution in [2.45, 2.75) is 19.4 Å². The lowest BCUT2D eigenvalue weighted by Gasteiger charge is -2.06. The lowest BCUT2D eigenvalue weighted by atomic mass is 10.0. The lowest BCUT2D eigenvalue weighted by molar-refractivity contribution is 0.104. The minimum absolute atomic E-state index is 0.0736. The van der Waals surface area contributed by atoms with E-state index >= 15 is 0 Å². The van der Waals surface area contributed by atoms with Gasteiger partial charge in [0.05, 0.1) is 11.3 Å². The Labute approximate surface area is 140 Å². The molecule has 0 fully saturated rings. The molecule has 120 valence electrons. The molecular weight excluding hydrogens is 298 g/mol. The number of fused-ring (bicyclic) bond motifs is 3. The standard InChI is InChI=1S/C20H19N3O/c21-12-6-7-13-23-19-15-10-4-5-11-16(15)20(24)17(19)18(22-23)14-8-2-1-3-9-14/h1-5,8-11H,6-7,12-13,21H2. The first kappa shape index (κ1) is 14.8. The molecule has 1 heterocycles. The monoisotopic (exact) mass is 317 g/mol. The fourth-order valence-electron chi connectivity index (χ4n) is 3.34. The van der Waals surface area contributed by atoms with Gasteiger partial charge in [-0.3, -0.25) is 9.48 Å². The number of rotatable bonds is 5. The van der Waals surface area contributed by atoms with Crippen molar-refractivity contribution in [3.05, 3.63) is 65.7 Å². The third-order valence-electron chi connectivity index (χ3n) is 4.48. The Balaban J connectivity index is 1.89. The van der Waals surface area contributed by atoms with Crippen LogP contribution in [0, 0.1) is 0 Å². The van der Waals surface area contributed by atoms with E-state index in [1.807, 2.05) is 59.3 Å². The van der Waals surface area contributed by atoms with E-state index in [2.05, 4.69) is 0 Å². The summed E-state index contributed by atoms with van der Waals surface area (Å²) < 4.78 is 1.98. The van der Waals surface area contributed by atoms with Gasteiger partial charge >= 0.3 is 0 Å². The summed E-state index contributed by atoms with van der Waals surface area (Å²) in [6, 6.07) is 17.7. The summed E-state index contributed by atoms with van der Waals surface area (Å²) in [5.74, 6) is 0.0736. The van der Waals surface area contributed by atoms with Gasteiger partial charge in [0.15, 0.2) is 5.78 Å². The molecule has 3 aromatic rings. The van der Waals surface area contributed by atoms with E-state index in [9.17, 15) is 4.79 Å². The second kappa shape index (κ2) is 6.06. The number of benzene rings is 2. The summed E-state index contributed by atoms with van der Waals surface area (Å²) >= 11 is 0. The summed E-state index contributed by atoms with van der Waals surface area (Å²) in [4.78, 5) is 13.0. The molecule has 0 bridgehead atoms. The number of nitrogens with two attached hydrogens (primary N) is 1. The van der Waals surface area contributed by atoms with Crippen LogP contribution in [0.15, 0.2) is 54.6 Å². The number of carbonyl (C=O) groups is 1. The van der Waals surface area contributed by atoms with Crippen molar-refractivity contribution < 1.29 is 4.79 Å². The molecule has 1 aliphatic carbocycles. The Morgan fingerprint density at radius 1 is 0.917 bits per heavy atom. The van der Waals surface area contributed by atoms with Gasteiger partial charge in [0.1, 0.15) is 5.69 Å². The van der Waals surface area contributed by atoms with Crippen molar-refractivity contribution in [2.75, 3.05) is 6.54 Å². The number of carbonyl (C=O) groups excluding carboxylic acids is 1. The third-order valence-corrected chi connectivity index (χ3v) is 4.48. The number of aryl methyl sites for hydroxylation is 1. The van der Waals surface area contributed by atoms with Gasteiger partial charge in [-0.1, -0.05) is 54.6 Å². The summed E-state index contributed by atoms with van der Waals surface area (Å²) in [6.07, 6.45) is 1.90. The quantitative estimate of drug-likeness (QED) is 0.573. The van der Waals surface area contributed by atoms with E-state index in [0.29, 0.717) is 6.54 Å². The van der Waals surface area contributed by atoms with Crippen LogP contribution < -0.4 is 5.73 Å². The molecule has 0 spiro atoms. The fraction of sp³-hybridized carbons (Fsp3) is 0.200. The van der Waals surface area contributed by atoms with E-state index in [1.54, 1.807) is 0 Å². The van der Waals surface area contributed by atoms with Crippen LogP contribution in [0.1, 0.15) is 28.8 Å². The maximum absolute atomic E-state index is 13.0. The zero-order chi connectivity index (χ0) is 16.5. The average molecular weight is 317 g/mol. The summed E-state index contributed by atoms with van der Waals surface area (Å²) in [6.45, 7) is 1.44. The molecule has 4 nitrogen and oxygen atoms in total. The maximum Gasteiger partial charge on any atom is 0.198 e. The van der Waals surface area contributed by atoms with Crippen molar-refractivity contribution in [1.82, 2.24) is 9.78 Å². The van der Waals surface area contributed by atoms with E-state index in [0.717, 1.165) is 53.0 Å². The van der Waals surface area contributed by atoms with Crippen LogP contribution in [-0.2, 0) is 6.54 Å². The summed E-state index contributed by atoms with van der Waals surface area (Å²) in [5, 5.41) is 4.78. The van der Waals surface area contributed by atoms with Gasteiger partial charge in [-0.05, 0) is 19.4 Å². The molecule has 0 saturated carbocycles. The molecular formula is C20H19N3O. The zero-order valence-electron chi connectivity index (χ0n) is 13.4. The number of unbranched alkanes of at least 4 members (excludes halogenated alkanes) is 1. The van der Waals surface area contributed by atoms with Gasteiger partial charge in [0.2, 0.25) is 0 Å². The molecule has 1 aliphatic rings. The van der Waals surface area contributed by atoms with Crippen LogP contribution in [-0.4, -0.2) is 22.1 Å². The van der Waals surface area contributed by atoms with Gasteiger partial charge in [-0.25, -0.2) is 0 Å². The van der Waals surface area contributed by atoms with Crippen LogP contribution >= 0.6 is 0 Å². The second-order valence-electron chi connectivity index (χ2n) is 6.03. The molecule has 2 N–H and O–H groups in total. The number of nitrogens with zero attached hydrogens (tertiary/aromatic N) is 2. The second-order valence-corrected chi connectivity index (χ2v) is 6.03. The molecule has 2 aromatic carbocycles. The van der Waals surface area contributed by atoms with Crippen molar-refractivity contribution in [2.24, 2.45) is 5.73 Å². The first-order valence-electron chi connectivity index (χ1n) is 8.31. The van der Waals surface area contributed by atoms with Gasteiger partial charge in [0, 0.05) is 23.2 Å².